The van der Waals surface area contributed by atoms with Crippen LogP contribution in [0, 0.1) is 0 Å². The van der Waals surface area contributed by atoms with Crippen LogP contribution in [0.25, 0.3) is 0 Å². The number of nitrogens with zero attached hydrogens (tertiary/aromatic N) is 1. The van der Waals surface area contributed by atoms with Crippen LogP contribution in [0.15, 0.2) is 48.5 Å². The van der Waals surface area contributed by atoms with E-state index in [1.54, 1.807) is 4.90 Å². The molecule has 0 unspecified atom stereocenters. The Bertz CT molecular complexity index is 688. The van der Waals surface area contributed by atoms with E-state index in [9.17, 15) is 4.79 Å². The molecule has 120 valence electrons. The fraction of sp³-hybridized carbons (Fsp3) is 0.278. The normalized spacial score (nSPS) is 13.5. The van der Waals surface area contributed by atoms with E-state index in [0.29, 0.717) is 12.3 Å². The second-order valence-corrected chi connectivity index (χ2v) is 5.61. The van der Waals surface area contributed by atoms with Crippen molar-refractivity contribution < 1.29 is 14.3 Å². The smallest absolute Gasteiger partial charge is 0.244 e. The number of likely N-dealkylation sites (N-methyl/N-ethyl adjacent to an activating group) is 1. The molecule has 5 nitrogen and oxygen atoms in total. The number of anilines is 1. The van der Waals surface area contributed by atoms with Crippen molar-refractivity contribution in [3.63, 3.8) is 0 Å². The highest BCUT2D eigenvalue weighted by Gasteiger charge is 2.19. The summed E-state index contributed by atoms with van der Waals surface area (Å²) >= 11 is 0. The predicted molar refractivity (Wildman–Crippen MR) is 88.6 cm³/mol. The summed E-state index contributed by atoms with van der Waals surface area (Å²) in [5.74, 6) is 1.47. The summed E-state index contributed by atoms with van der Waals surface area (Å²) in [5, 5.41) is 3.21. The molecule has 0 saturated heterocycles. The van der Waals surface area contributed by atoms with Crippen LogP contribution in [0.4, 0.5) is 5.69 Å². The molecular formula is C18H20N2O3. The molecule has 0 radical (unpaired) electrons. The lowest BCUT2D eigenvalue weighted by Gasteiger charge is -2.23. The first-order valence-corrected chi connectivity index (χ1v) is 7.58. The molecule has 2 aromatic carbocycles. The number of nitrogens with one attached hydrogen (secondary N) is 1. The van der Waals surface area contributed by atoms with Gasteiger partial charge < -0.3 is 19.7 Å². The van der Waals surface area contributed by atoms with Crippen LogP contribution >= 0.6 is 0 Å². The molecule has 1 amide bonds. The third kappa shape index (κ3) is 3.56. The minimum Gasteiger partial charge on any atom is -0.454 e. The summed E-state index contributed by atoms with van der Waals surface area (Å²) in [5.41, 5.74) is 1.95. The summed E-state index contributed by atoms with van der Waals surface area (Å²) in [6, 6.07) is 15.2. The zero-order chi connectivity index (χ0) is 16.2. The molecule has 0 bridgehead atoms. The lowest BCUT2D eigenvalue weighted by Crippen LogP contribution is -2.38. The Balaban J connectivity index is 1.61. The molecule has 1 heterocycles. The van der Waals surface area contributed by atoms with Crippen molar-refractivity contribution in [3.05, 3.63) is 54.1 Å². The minimum atomic E-state index is -0.330. The number of carbonyl (C=O) groups is 1. The van der Waals surface area contributed by atoms with Crippen LogP contribution in [0.2, 0.25) is 0 Å². The molecule has 0 spiro atoms. The maximum absolute atomic E-state index is 12.5. The van der Waals surface area contributed by atoms with E-state index >= 15 is 0 Å². The van der Waals surface area contributed by atoms with Gasteiger partial charge in [-0.15, -0.1) is 0 Å². The van der Waals surface area contributed by atoms with Gasteiger partial charge in [-0.05, 0) is 24.6 Å². The molecule has 0 fully saturated rings. The fourth-order valence-corrected chi connectivity index (χ4v) is 2.56. The van der Waals surface area contributed by atoms with E-state index in [2.05, 4.69) is 5.32 Å². The quantitative estimate of drug-likeness (QED) is 0.922. The third-order valence-electron chi connectivity index (χ3n) is 3.76. The molecular weight excluding hydrogens is 292 g/mol. The van der Waals surface area contributed by atoms with Gasteiger partial charge in [-0.2, -0.15) is 0 Å². The van der Waals surface area contributed by atoms with E-state index < -0.39 is 0 Å². The van der Waals surface area contributed by atoms with Gasteiger partial charge in [0.1, 0.15) is 6.04 Å². The first-order valence-electron chi connectivity index (χ1n) is 7.58. The van der Waals surface area contributed by atoms with Gasteiger partial charge in [-0.1, -0.05) is 30.3 Å². The molecule has 2 aromatic rings. The Morgan fingerprint density at radius 3 is 2.70 bits per heavy atom. The Morgan fingerprint density at radius 2 is 1.91 bits per heavy atom. The number of hydrogen-bond acceptors (Lipinski definition) is 4. The van der Waals surface area contributed by atoms with Gasteiger partial charge in [0, 0.05) is 25.3 Å². The van der Waals surface area contributed by atoms with Crippen molar-refractivity contribution in [2.24, 2.45) is 0 Å². The zero-order valence-electron chi connectivity index (χ0n) is 13.3. The van der Waals surface area contributed by atoms with Gasteiger partial charge in [0.15, 0.2) is 11.5 Å². The largest absolute Gasteiger partial charge is 0.454 e. The SMILES string of the molecule is C[C@H](Nc1ccc2c(c1)OCO2)C(=O)N(C)Cc1ccccc1. The van der Waals surface area contributed by atoms with Crippen LogP contribution in [0.3, 0.4) is 0 Å². The molecule has 1 atom stereocenters. The molecule has 1 aliphatic rings. The Kier molecular flexibility index (Phi) is 4.37. The topological polar surface area (TPSA) is 50.8 Å². The molecule has 0 aromatic heterocycles. The second kappa shape index (κ2) is 6.60. The summed E-state index contributed by atoms with van der Waals surface area (Å²) in [6.07, 6.45) is 0. The summed E-state index contributed by atoms with van der Waals surface area (Å²) in [4.78, 5) is 14.2. The van der Waals surface area contributed by atoms with Gasteiger partial charge in [0.05, 0.1) is 0 Å². The van der Waals surface area contributed by atoms with Gasteiger partial charge in [0.2, 0.25) is 12.7 Å². The monoisotopic (exact) mass is 312 g/mol. The van der Waals surface area contributed by atoms with E-state index in [4.69, 9.17) is 9.47 Å². The van der Waals surface area contributed by atoms with Crippen molar-refractivity contribution >= 4 is 11.6 Å². The summed E-state index contributed by atoms with van der Waals surface area (Å²) in [7, 11) is 1.81. The highest BCUT2D eigenvalue weighted by atomic mass is 16.7. The molecule has 0 aliphatic carbocycles. The Morgan fingerprint density at radius 1 is 1.17 bits per heavy atom. The van der Waals surface area contributed by atoms with E-state index in [0.717, 1.165) is 17.0 Å². The van der Waals surface area contributed by atoms with Crippen molar-refractivity contribution in [1.82, 2.24) is 4.90 Å². The van der Waals surface area contributed by atoms with Crippen LogP contribution in [0.1, 0.15) is 12.5 Å². The Hall–Kier alpha value is -2.69. The lowest BCUT2D eigenvalue weighted by atomic mass is 10.2. The molecule has 23 heavy (non-hydrogen) atoms. The van der Waals surface area contributed by atoms with Crippen molar-refractivity contribution in [3.8, 4) is 11.5 Å². The fourth-order valence-electron chi connectivity index (χ4n) is 2.56. The van der Waals surface area contributed by atoms with E-state index in [-0.39, 0.29) is 18.7 Å². The number of rotatable bonds is 5. The maximum atomic E-state index is 12.5. The highest BCUT2D eigenvalue weighted by molar-refractivity contribution is 5.84. The zero-order valence-corrected chi connectivity index (χ0v) is 13.3. The van der Waals surface area contributed by atoms with Crippen molar-refractivity contribution in [2.45, 2.75) is 19.5 Å². The number of carbonyl (C=O) groups excluding carboxylic acids is 1. The third-order valence-corrected chi connectivity index (χ3v) is 3.76. The average Bonchev–Trinajstić information content (AvgIpc) is 3.02. The minimum absolute atomic E-state index is 0.0338. The molecule has 5 heteroatoms. The molecule has 3 rings (SSSR count). The van der Waals surface area contributed by atoms with Crippen LogP contribution in [0.5, 0.6) is 11.5 Å². The van der Waals surface area contributed by atoms with E-state index in [1.165, 1.54) is 0 Å². The molecule has 1 N–H and O–H groups in total. The molecule has 1 aliphatic heterocycles. The number of ether oxygens (including phenoxy) is 2. The number of hydrogen-bond donors (Lipinski definition) is 1. The maximum Gasteiger partial charge on any atom is 0.244 e. The standard InChI is InChI=1S/C18H20N2O3/c1-13(18(21)20(2)11-14-6-4-3-5-7-14)19-15-8-9-16-17(10-15)23-12-22-16/h3-10,13,19H,11-12H2,1-2H3/t13-/m0/s1. The first kappa shape index (κ1) is 15.2. The lowest BCUT2D eigenvalue weighted by molar-refractivity contribution is -0.130. The van der Waals surface area contributed by atoms with Crippen molar-refractivity contribution in [2.75, 3.05) is 19.2 Å². The van der Waals surface area contributed by atoms with E-state index in [1.807, 2.05) is 62.5 Å². The van der Waals surface area contributed by atoms with Crippen LogP contribution in [-0.2, 0) is 11.3 Å². The molecule has 0 saturated carbocycles. The Labute approximate surface area is 135 Å². The number of fused-ring (bicyclic) bond motifs is 1. The number of amides is 1. The summed E-state index contributed by atoms with van der Waals surface area (Å²) in [6.45, 7) is 2.69. The van der Waals surface area contributed by atoms with Gasteiger partial charge in [-0.3, -0.25) is 4.79 Å². The van der Waals surface area contributed by atoms with Gasteiger partial charge in [-0.25, -0.2) is 0 Å². The summed E-state index contributed by atoms with van der Waals surface area (Å²) < 4.78 is 10.6. The van der Waals surface area contributed by atoms with Gasteiger partial charge >= 0.3 is 0 Å². The van der Waals surface area contributed by atoms with Crippen molar-refractivity contribution in [1.29, 1.82) is 0 Å². The van der Waals surface area contributed by atoms with Crippen LogP contribution in [-0.4, -0.2) is 30.7 Å². The number of benzene rings is 2. The first-order chi connectivity index (χ1) is 11.1. The second-order valence-electron chi connectivity index (χ2n) is 5.61. The average molecular weight is 312 g/mol. The highest BCUT2D eigenvalue weighted by Crippen LogP contribution is 2.34. The van der Waals surface area contributed by atoms with Crippen LogP contribution < -0.4 is 14.8 Å². The predicted octanol–water partition coefficient (Wildman–Crippen LogP) is 2.87. The van der Waals surface area contributed by atoms with Gasteiger partial charge in [0.25, 0.3) is 0 Å².